The molecule has 0 aliphatic rings. The fourth-order valence-corrected chi connectivity index (χ4v) is 0. The Labute approximate surface area is 59.8 Å². The topological polar surface area (TPSA) is 34.1 Å². The van der Waals surface area contributed by atoms with Gasteiger partial charge in [0.25, 0.3) is 0 Å². The van der Waals surface area contributed by atoms with Gasteiger partial charge in [0.05, 0.1) is 0 Å². The van der Waals surface area contributed by atoms with Gasteiger partial charge in [-0.3, -0.25) is 0 Å². The van der Waals surface area contributed by atoms with E-state index in [-0.39, 0.29) is 0 Å². The van der Waals surface area contributed by atoms with Gasteiger partial charge in [0.1, 0.15) is 0 Å². The second-order valence-corrected chi connectivity index (χ2v) is 5.07. The maximum absolute atomic E-state index is 8.50. The van der Waals surface area contributed by atoms with Gasteiger partial charge in [-0.05, 0) is 0 Å². The molecular weight excluding hydrogens is 216 g/mol. The number of rotatable bonds is 0. The summed E-state index contributed by atoms with van der Waals surface area (Å²) in [7, 11) is 9.90. The van der Waals surface area contributed by atoms with Crippen LogP contribution in [-0.4, -0.2) is 0 Å². The van der Waals surface area contributed by atoms with Crippen LogP contribution in [0.4, 0.5) is 0 Å². The molecule has 0 aromatic heterocycles. The first-order chi connectivity index (χ1) is 2.83. The molecule has 0 rings (SSSR count). The van der Waals surface area contributed by atoms with E-state index in [1.807, 2.05) is 0 Å². The molecular formula is Cl2O2TiZn. The van der Waals surface area contributed by atoms with E-state index in [4.69, 9.17) is 26.0 Å². The van der Waals surface area contributed by atoms with Gasteiger partial charge in [-0.1, -0.05) is 0 Å². The number of hydrogen-bond donors (Lipinski definition) is 0. The monoisotopic (exact) mass is 214 g/mol. The Balaban J connectivity index is 0. The van der Waals surface area contributed by atoms with Gasteiger partial charge in [0, 0.05) is 0 Å². The third kappa shape index (κ3) is 48.9. The summed E-state index contributed by atoms with van der Waals surface area (Å²) in [5.41, 5.74) is 0. The van der Waals surface area contributed by atoms with E-state index in [0.717, 1.165) is 0 Å². The molecule has 2 nitrogen and oxygen atoms in total. The van der Waals surface area contributed by atoms with Crippen molar-refractivity contribution in [2.45, 2.75) is 0 Å². The summed E-state index contributed by atoms with van der Waals surface area (Å²) in [6, 6.07) is 0. The zero-order valence-electron chi connectivity index (χ0n) is 2.78. The molecule has 0 fully saturated rings. The predicted octanol–water partition coefficient (Wildman–Crippen LogP) is 1.14. The van der Waals surface area contributed by atoms with E-state index in [1.165, 1.54) is 0 Å². The molecule has 0 N–H and O–H groups in total. The Kier molecular flexibility index (Phi) is 28.0. The van der Waals surface area contributed by atoms with Gasteiger partial charge in [0.2, 0.25) is 0 Å². The third-order valence-corrected chi connectivity index (χ3v) is 0. The van der Waals surface area contributed by atoms with E-state index in [1.54, 1.807) is 0 Å². The van der Waals surface area contributed by atoms with Crippen molar-refractivity contribution in [1.82, 2.24) is 0 Å². The van der Waals surface area contributed by atoms with Crippen molar-refractivity contribution in [3.8, 4) is 0 Å². The zero-order valence-corrected chi connectivity index (χ0v) is 8.82. The van der Waals surface area contributed by atoms with Crippen molar-refractivity contribution in [3.63, 3.8) is 0 Å². The summed E-state index contributed by atoms with van der Waals surface area (Å²) in [6.45, 7) is 0. The molecule has 32 valence electrons. The first-order valence-electron chi connectivity index (χ1n) is 0.943. The minimum absolute atomic E-state index is 0.931. The van der Waals surface area contributed by atoms with E-state index < -0.39 is 34.2 Å². The Bertz CT molecular complexity index is 40.8. The van der Waals surface area contributed by atoms with Crippen LogP contribution >= 0.6 is 19.4 Å². The van der Waals surface area contributed by atoms with Gasteiger partial charge in [0.15, 0.2) is 0 Å². The summed E-state index contributed by atoms with van der Waals surface area (Å²) >= 11 is -2.93. The molecule has 0 aliphatic carbocycles. The molecule has 0 aromatic rings. The third-order valence-electron chi connectivity index (χ3n) is 0. The van der Waals surface area contributed by atoms with Crippen LogP contribution in [0.25, 0.3) is 0 Å². The van der Waals surface area contributed by atoms with E-state index >= 15 is 0 Å². The van der Waals surface area contributed by atoms with E-state index in [0.29, 0.717) is 0 Å². The molecule has 0 atom stereocenters. The van der Waals surface area contributed by atoms with Gasteiger partial charge >= 0.3 is 60.3 Å². The summed E-state index contributed by atoms with van der Waals surface area (Å²) in [4.78, 5) is 0. The SMILES string of the molecule is [Cl][Zn][Cl].[O]=[Ti]=[O]. The average molecular weight is 216 g/mol. The molecule has 0 bridgehead atoms. The molecule has 0 amide bonds. The summed E-state index contributed by atoms with van der Waals surface area (Å²) in [6.07, 6.45) is 0. The molecule has 6 heteroatoms. The van der Waals surface area contributed by atoms with Crippen molar-refractivity contribution in [2.75, 3.05) is 0 Å². The fourth-order valence-electron chi connectivity index (χ4n) is 0. The fraction of sp³-hybridized carbons (Fsp3) is 0. The van der Waals surface area contributed by atoms with Crippen LogP contribution in [0, 0.1) is 0 Å². The van der Waals surface area contributed by atoms with E-state index in [2.05, 4.69) is 0 Å². The standard InChI is InChI=1S/2ClH.2O.Ti.Zn/h2*1H;;;;/q;;;;;+2/p-2. The molecule has 0 heterocycles. The Morgan fingerprint density at radius 2 is 1.33 bits per heavy atom. The van der Waals surface area contributed by atoms with Gasteiger partial charge in [-0.25, -0.2) is 0 Å². The Morgan fingerprint density at radius 3 is 1.33 bits per heavy atom. The average Bonchev–Trinajstić information content (AvgIpc) is 1.39. The summed E-state index contributed by atoms with van der Waals surface area (Å²) in [5.74, 6) is 0. The molecule has 0 saturated carbocycles. The molecule has 0 radical (unpaired) electrons. The molecule has 0 aromatic carbocycles. The van der Waals surface area contributed by atoms with Crippen LogP contribution in [0.3, 0.4) is 0 Å². The summed E-state index contributed by atoms with van der Waals surface area (Å²) in [5, 5.41) is 0. The first-order valence-corrected chi connectivity index (χ1v) is 10.0. The van der Waals surface area contributed by atoms with Crippen molar-refractivity contribution in [1.29, 1.82) is 0 Å². The minimum atomic E-state index is -2.00. The normalized spacial score (nSPS) is 3.00. The number of halogens is 2. The first kappa shape index (κ1) is 10.5. The predicted molar refractivity (Wildman–Crippen MR) is 13.1 cm³/mol. The number of hydrogen-bond acceptors (Lipinski definition) is 2. The molecule has 0 spiro atoms. The van der Waals surface area contributed by atoms with Crippen molar-refractivity contribution in [3.05, 3.63) is 0 Å². The molecule has 0 saturated heterocycles. The Morgan fingerprint density at radius 1 is 1.33 bits per heavy atom. The second-order valence-electron chi connectivity index (χ2n) is 0.184. The molecule has 0 unspecified atom stereocenters. The Hall–Kier alpha value is 1.52. The van der Waals surface area contributed by atoms with Crippen LogP contribution in [-0.2, 0) is 40.9 Å². The zero-order chi connectivity index (χ0) is 5.41. The van der Waals surface area contributed by atoms with Crippen LogP contribution < -0.4 is 0 Å². The van der Waals surface area contributed by atoms with Gasteiger partial charge < -0.3 is 0 Å². The summed E-state index contributed by atoms with van der Waals surface area (Å²) < 4.78 is 17.0. The van der Waals surface area contributed by atoms with Crippen molar-refractivity contribution in [2.24, 2.45) is 0 Å². The molecule has 6 heavy (non-hydrogen) atoms. The quantitative estimate of drug-likeness (QED) is 0.569. The maximum atomic E-state index is 8.50. The second kappa shape index (κ2) is 16.0. The molecule has 0 aliphatic heterocycles. The van der Waals surface area contributed by atoms with Crippen LogP contribution in [0.2, 0.25) is 0 Å². The van der Waals surface area contributed by atoms with Crippen LogP contribution in [0.1, 0.15) is 0 Å². The van der Waals surface area contributed by atoms with Crippen LogP contribution in [0.5, 0.6) is 0 Å². The van der Waals surface area contributed by atoms with Crippen molar-refractivity contribution >= 4 is 19.4 Å². The van der Waals surface area contributed by atoms with Crippen molar-refractivity contribution < 1.29 is 40.9 Å². The van der Waals surface area contributed by atoms with Crippen LogP contribution in [0.15, 0.2) is 0 Å². The van der Waals surface area contributed by atoms with Gasteiger partial charge in [-0.2, -0.15) is 0 Å². The van der Waals surface area contributed by atoms with E-state index in [9.17, 15) is 0 Å². The van der Waals surface area contributed by atoms with Gasteiger partial charge in [-0.15, -0.1) is 0 Å².